The minimum atomic E-state index is -0.766. The lowest BCUT2D eigenvalue weighted by Gasteiger charge is -2.18. The van der Waals surface area contributed by atoms with Gasteiger partial charge in [-0.15, -0.1) is 11.3 Å². The lowest BCUT2D eigenvalue weighted by atomic mass is 10.1. The van der Waals surface area contributed by atoms with Crippen molar-refractivity contribution >= 4 is 34.8 Å². The Bertz CT molecular complexity index is 693. The molecule has 122 valence electrons. The maximum Gasteiger partial charge on any atom is 0.279 e. The average Bonchev–Trinajstić information content (AvgIpc) is 3.02. The van der Waals surface area contributed by atoms with Gasteiger partial charge in [-0.1, -0.05) is 17.7 Å². The van der Waals surface area contributed by atoms with Crippen LogP contribution < -0.4 is 15.6 Å². The molecule has 0 aliphatic rings. The highest BCUT2D eigenvalue weighted by Gasteiger charge is 2.18. The lowest BCUT2D eigenvalue weighted by Crippen LogP contribution is -2.47. The Balaban J connectivity index is 1.94. The average molecular weight is 353 g/mol. The van der Waals surface area contributed by atoms with Crippen molar-refractivity contribution < 1.29 is 14.3 Å². The Labute approximate surface area is 143 Å². The molecule has 0 bridgehead atoms. The minimum absolute atomic E-state index is 0.362. The summed E-state index contributed by atoms with van der Waals surface area (Å²) in [6.45, 7) is 5.33. The number of ether oxygens (including phenoxy) is 1. The van der Waals surface area contributed by atoms with Crippen molar-refractivity contribution in [2.75, 3.05) is 0 Å². The van der Waals surface area contributed by atoms with Crippen LogP contribution in [-0.2, 0) is 4.79 Å². The first-order valence-electron chi connectivity index (χ1n) is 6.95. The number of carbonyl (C=O) groups is 2. The molecule has 1 aromatic heterocycles. The van der Waals surface area contributed by atoms with Crippen LogP contribution >= 0.6 is 22.9 Å². The van der Waals surface area contributed by atoms with E-state index >= 15 is 0 Å². The van der Waals surface area contributed by atoms with E-state index in [1.807, 2.05) is 13.8 Å². The van der Waals surface area contributed by atoms with Crippen molar-refractivity contribution in [3.05, 3.63) is 50.7 Å². The molecule has 2 rings (SSSR count). The van der Waals surface area contributed by atoms with E-state index in [1.54, 1.807) is 36.6 Å². The normalized spacial score (nSPS) is 11.7. The maximum absolute atomic E-state index is 12.0. The van der Waals surface area contributed by atoms with Crippen molar-refractivity contribution in [2.24, 2.45) is 0 Å². The predicted molar refractivity (Wildman–Crippen MR) is 90.9 cm³/mol. The van der Waals surface area contributed by atoms with Crippen LogP contribution in [0.5, 0.6) is 5.75 Å². The molecule has 0 aliphatic heterocycles. The highest BCUT2D eigenvalue weighted by molar-refractivity contribution is 7.12. The Kier molecular flexibility index (Phi) is 5.63. The molecular formula is C16H17ClN2O3S. The SMILES string of the molecule is Cc1cc(Cl)cc(C)c1O[C@H](C)C(=O)NNC(=O)c1cccs1. The van der Waals surface area contributed by atoms with E-state index in [1.165, 1.54) is 11.3 Å². The third kappa shape index (κ3) is 4.46. The van der Waals surface area contributed by atoms with Gasteiger partial charge in [0.25, 0.3) is 11.8 Å². The first kappa shape index (κ1) is 17.3. The van der Waals surface area contributed by atoms with Gasteiger partial charge in [-0.3, -0.25) is 20.4 Å². The molecule has 0 fully saturated rings. The number of hydrogen-bond acceptors (Lipinski definition) is 4. The van der Waals surface area contributed by atoms with Gasteiger partial charge in [0, 0.05) is 5.02 Å². The molecule has 5 nitrogen and oxygen atoms in total. The van der Waals surface area contributed by atoms with Crippen LogP contribution in [0.3, 0.4) is 0 Å². The molecule has 2 N–H and O–H groups in total. The fourth-order valence-corrected chi connectivity index (χ4v) is 2.95. The molecule has 1 atom stereocenters. The zero-order valence-electron chi connectivity index (χ0n) is 13.0. The van der Waals surface area contributed by atoms with Gasteiger partial charge in [0.05, 0.1) is 4.88 Å². The Hall–Kier alpha value is -2.05. The van der Waals surface area contributed by atoms with Crippen LogP contribution in [0.15, 0.2) is 29.6 Å². The van der Waals surface area contributed by atoms with E-state index in [2.05, 4.69) is 10.9 Å². The van der Waals surface area contributed by atoms with E-state index in [0.717, 1.165) is 11.1 Å². The molecule has 7 heteroatoms. The van der Waals surface area contributed by atoms with Crippen LogP contribution in [0.2, 0.25) is 5.02 Å². The van der Waals surface area contributed by atoms with Crippen LogP contribution in [0.25, 0.3) is 0 Å². The Morgan fingerprint density at radius 1 is 1.22 bits per heavy atom. The molecule has 0 saturated carbocycles. The van der Waals surface area contributed by atoms with E-state index < -0.39 is 12.0 Å². The number of aryl methyl sites for hydroxylation is 2. The predicted octanol–water partition coefficient (Wildman–Crippen LogP) is 3.25. The molecule has 0 aliphatic carbocycles. The largest absolute Gasteiger partial charge is 0.480 e. The second-order valence-corrected chi connectivity index (χ2v) is 6.43. The standard InChI is InChI=1S/C16H17ClN2O3S/c1-9-7-12(17)8-10(2)14(9)22-11(3)15(20)18-19-16(21)13-5-4-6-23-13/h4-8,11H,1-3H3,(H,18,20)(H,19,21)/t11-/m1/s1. The number of hydrogen-bond donors (Lipinski definition) is 2. The third-order valence-corrected chi connectivity index (χ3v) is 4.22. The second-order valence-electron chi connectivity index (χ2n) is 5.05. The first-order valence-corrected chi connectivity index (χ1v) is 8.21. The van der Waals surface area contributed by atoms with Gasteiger partial charge in [0.2, 0.25) is 0 Å². The minimum Gasteiger partial charge on any atom is -0.480 e. The summed E-state index contributed by atoms with van der Waals surface area (Å²) in [7, 11) is 0. The van der Waals surface area contributed by atoms with E-state index in [4.69, 9.17) is 16.3 Å². The van der Waals surface area contributed by atoms with Crippen molar-refractivity contribution in [1.29, 1.82) is 0 Å². The quantitative estimate of drug-likeness (QED) is 0.830. The highest BCUT2D eigenvalue weighted by Crippen LogP contribution is 2.27. The monoisotopic (exact) mass is 352 g/mol. The van der Waals surface area contributed by atoms with Gasteiger partial charge < -0.3 is 4.74 Å². The van der Waals surface area contributed by atoms with E-state index in [9.17, 15) is 9.59 Å². The van der Waals surface area contributed by atoms with Crippen molar-refractivity contribution in [3.8, 4) is 5.75 Å². The zero-order valence-corrected chi connectivity index (χ0v) is 14.5. The zero-order chi connectivity index (χ0) is 17.0. The number of thiophene rings is 1. The molecular weight excluding hydrogens is 336 g/mol. The summed E-state index contributed by atoms with van der Waals surface area (Å²) in [6, 6.07) is 6.98. The number of carbonyl (C=O) groups excluding carboxylic acids is 2. The second kappa shape index (κ2) is 7.48. The molecule has 1 heterocycles. The van der Waals surface area contributed by atoms with Crippen LogP contribution in [-0.4, -0.2) is 17.9 Å². The van der Waals surface area contributed by atoms with Crippen LogP contribution in [0, 0.1) is 13.8 Å². The summed E-state index contributed by atoms with van der Waals surface area (Å²) >= 11 is 7.27. The van der Waals surface area contributed by atoms with Crippen molar-refractivity contribution in [1.82, 2.24) is 10.9 Å². The smallest absolute Gasteiger partial charge is 0.279 e. The summed E-state index contributed by atoms with van der Waals surface area (Å²) < 4.78 is 5.70. The van der Waals surface area contributed by atoms with Gasteiger partial charge in [-0.2, -0.15) is 0 Å². The van der Waals surface area contributed by atoms with Crippen molar-refractivity contribution in [3.63, 3.8) is 0 Å². The number of benzene rings is 1. The molecule has 0 unspecified atom stereocenters. The molecule has 0 saturated heterocycles. The Morgan fingerprint density at radius 2 is 1.87 bits per heavy atom. The fourth-order valence-electron chi connectivity index (χ4n) is 2.00. The Morgan fingerprint density at radius 3 is 2.43 bits per heavy atom. The van der Waals surface area contributed by atoms with E-state index in [0.29, 0.717) is 15.6 Å². The maximum atomic E-state index is 12.0. The molecule has 23 heavy (non-hydrogen) atoms. The molecule has 1 aromatic carbocycles. The fraction of sp³-hybridized carbons (Fsp3) is 0.250. The van der Waals surface area contributed by atoms with Gasteiger partial charge >= 0.3 is 0 Å². The molecule has 2 aromatic rings. The summed E-state index contributed by atoms with van der Waals surface area (Å²) in [5.74, 6) is -0.190. The third-order valence-electron chi connectivity index (χ3n) is 3.13. The number of hydrazine groups is 1. The topological polar surface area (TPSA) is 67.4 Å². The lowest BCUT2D eigenvalue weighted by molar-refractivity contribution is -0.128. The number of halogens is 1. The van der Waals surface area contributed by atoms with Crippen LogP contribution in [0.4, 0.5) is 0 Å². The molecule has 0 spiro atoms. The van der Waals surface area contributed by atoms with Crippen molar-refractivity contribution in [2.45, 2.75) is 26.9 Å². The van der Waals surface area contributed by atoms with Gasteiger partial charge in [0.1, 0.15) is 5.75 Å². The summed E-state index contributed by atoms with van der Waals surface area (Å²) in [6.07, 6.45) is -0.766. The number of amides is 2. The molecule has 0 radical (unpaired) electrons. The van der Waals surface area contributed by atoms with Crippen LogP contribution in [0.1, 0.15) is 27.7 Å². The first-order chi connectivity index (χ1) is 10.9. The summed E-state index contributed by atoms with van der Waals surface area (Å²) in [4.78, 5) is 24.3. The van der Waals surface area contributed by atoms with E-state index in [-0.39, 0.29) is 5.91 Å². The van der Waals surface area contributed by atoms with Gasteiger partial charge in [-0.25, -0.2) is 0 Å². The number of nitrogens with one attached hydrogen (secondary N) is 2. The highest BCUT2D eigenvalue weighted by atomic mass is 35.5. The number of rotatable bonds is 4. The van der Waals surface area contributed by atoms with Gasteiger partial charge in [0.15, 0.2) is 6.10 Å². The summed E-state index contributed by atoms with van der Waals surface area (Å²) in [5, 5.41) is 2.40. The van der Waals surface area contributed by atoms with Gasteiger partial charge in [-0.05, 0) is 55.5 Å². The summed E-state index contributed by atoms with van der Waals surface area (Å²) in [5.41, 5.74) is 6.41. The molecule has 2 amide bonds.